The van der Waals surface area contributed by atoms with E-state index in [1.54, 1.807) is 0 Å². The molecule has 0 amide bonds. The second kappa shape index (κ2) is 8.25. The summed E-state index contributed by atoms with van der Waals surface area (Å²) in [4.78, 5) is 22.8. The highest BCUT2D eigenvalue weighted by Crippen LogP contribution is 2.13. The standard InChI is InChI=1S/C15H28O5/c1-14(2,3)10-18-12(16)8-7-9-13(17)19-11-20-15(4,5)6/h7-11H2,1-6H3. The van der Waals surface area contributed by atoms with Gasteiger partial charge in [-0.2, -0.15) is 0 Å². The molecule has 0 fully saturated rings. The molecule has 0 heterocycles. The molecule has 0 bridgehead atoms. The first-order chi connectivity index (χ1) is 8.99. The van der Waals surface area contributed by atoms with Gasteiger partial charge in [0.05, 0.1) is 12.2 Å². The quantitative estimate of drug-likeness (QED) is 0.532. The van der Waals surface area contributed by atoms with E-state index in [9.17, 15) is 9.59 Å². The van der Waals surface area contributed by atoms with Gasteiger partial charge in [-0.3, -0.25) is 9.59 Å². The maximum atomic E-state index is 11.4. The van der Waals surface area contributed by atoms with E-state index in [0.29, 0.717) is 13.0 Å². The van der Waals surface area contributed by atoms with Crippen LogP contribution in [-0.4, -0.2) is 30.9 Å². The van der Waals surface area contributed by atoms with Crippen molar-refractivity contribution in [2.24, 2.45) is 5.41 Å². The fraction of sp³-hybridized carbons (Fsp3) is 0.867. The summed E-state index contributed by atoms with van der Waals surface area (Å²) in [6.45, 7) is 11.9. The molecular weight excluding hydrogens is 260 g/mol. The average molecular weight is 288 g/mol. The van der Waals surface area contributed by atoms with Gasteiger partial charge in [-0.15, -0.1) is 0 Å². The van der Waals surface area contributed by atoms with Crippen LogP contribution in [0.3, 0.4) is 0 Å². The lowest BCUT2D eigenvalue weighted by atomic mass is 9.99. The van der Waals surface area contributed by atoms with E-state index in [1.165, 1.54) is 0 Å². The maximum absolute atomic E-state index is 11.4. The van der Waals surface area contributed by atoms with Crippen molar-refractivity contribution in [2.75, 3.05) is 13.4 Å². The predicted molar refractivity (Wildman–Crippen MR) is 76.1 cm³/mol. The number of esters is 2. The van der Waals surface area contributed by atoms with Gasteiger partial charge in [0.15, 0.2) is 6.79 Å². The normalized spacial score (nSPS) is 12.1. The number of hydrogen-bond donors (Lipinski definition) is 0. The second-order valence-corrected chi connectivity index (χ2v) is 6.97. The van der Waals surface area contributed by atoms with E-state index in [2.05, 4.69) is 0 Å². The lowest BCUT2D eigenvalue weighted by Crippen LogP contribution is -2.22. The minimum absolute atomic E-state index is 0.0428. The van der Waals surface area contributed by atoms with E-state index in [-0.39, 0.29) is 42.6 Å². The predicted octanol–water partition coefficient (Wildman–Crippen LogP) is 3.06. The van der Waals surface area contributed by atoms with Crippen LogP contribution >= 0.6 is 0 Å². The summed E-state index contributed by atoms with van der Waals surface area (Å²) < 4.78 is 15.3. The third-order valence-corrected chi connectivity index (χ3v) is 2.14. The van der Waals surface area contributed by atoms with E-state index in [4.69, 9.17) is 14.2 Å². The van der Waals surface area contributed by atoms with Crippen molar-refractivity contribution in [3.05, 3.63) is 0 Å². The molecule has 0 rings (SSSR count). The molecule has 0 aromatic rings. The number of rotatable bonds is 7. The summed E-state index contributed by atoms with van der Waals surface area (Å²) in [5.41, 5.74) is -0.379. The lowest BCUT2D eigenvalue weighted by Gasteiger charge is -2.19. The zero-order chi connectivity index (χ0) is 15.8. The molecule has 0 aromatic carbocycles. The second-order valence-electron chi connectivity index (χ2n) is 6.97. The van der Waals surface area contributed by atoms with Gasteiger partial charge in [-0.25, -0.2) is 0 Å². The summed E-state index contributed by atoms with van der Waals surface area (Å²) in [6, 6.07) is 0. The van der Waals surface area contributed by atoms with Crippen LogP contribution in [0.5, 0.6) is 0 Å². The molecule has 0 aliphatic rings. The highest BCUT2D eigenvalue weighted by atomic mass is 16.7. The summed E-state index contributed by atoms with van der Waals surface area (Å²) in [6.07, 6.45) is 0.848. The van der Waals surface area contributed by atoms with Crippen molar-refractivity contribution in [3.8, 4) is 0 Å². The highest BCUT2D eigenvalue weighted by Gasteiger charge is 2.15. The molecule has 5 heteroatoms. The van der Waals surface area contributed by atoms with Gasteiger partial charge in [0.2, 0.25) is 0 Å². The Bertz CT molecular complexity index is 309. The Morgan fingerprint density at radius 2 is 1.35 bits per heavy atom. The van der Waals surface area contributed by atoms with Crippen LogP contribution in [0.2, 0.25) is 0 Å². The van der Waals surface area contributed by atoms with E-state index < -0.39 is 0 Å². The van der Waals surface area contributed by atoms with Crippen LogP contribution in [0, 0.1) is 5.41 Å². The monoisotopic (exact) mass is 288 g/mol. The molecule has 0 N–H and O–H groups in total. The van der Waals surface area contributed by atoms with Crippen LogP contribution in [0.15, 0.2) is 0 Å². The van der Waals surface area contributed by atoms with Crippen molar-refractivity contribution in [1.29, 1.82) is 0 Å². The van der Waals surface area contributed by atoms with Gasteiger partial charge in [-0.1, -0.05) is 20.8 Å². The average Bonchev–Trinajstić information content (AvgIpc) is 2.23. The van der Waals surface area contributed by atoms with Gasteiger partial charge in [-0.05, 0) is 32.6 Å². The summed E-state index contributed by atoms with van der Waals surface area (Å²) >= 11 is 0. The summed E-state index contributed by atoms with van der Waals surface area (Å²) in [7, 11) is 0. The zero-order valence-electron chi connectivity index (χ0n) is 13.6. The largest absolute Gasteiger partial charge is 0.465 e. The summed E-state index contributed by atoms with van der Waals surface area (Å²) in [5.74, 6) is -0.642. The molecule has 5 nitrogen and oxygen atoms in total. The first-order valence-electron chi connectivity index (χ1n) is 6.95. The van der Waals surface area contributed by atoms with Crippen molar-refractivity contribution >= 4 is 11.9 Å². The van der Waals surface area contributed by atoms with Crippen LogP contribution in [0.25, 0.3) is 0 Å². The SMILES string of the molecule is CC(C)(C)COC(=O)CCCC(=O)OCOC(C)(C)C. The lowest BCUT2D eigenvalue weighted by molar-refractivity contribution is -0.167. The Balaban J connectivity index is 3.64. The molecule has 0 saturated heterocycles. The molecular formula is C15H28O5. The Hall–Kier alpha value is -1.10. The van der Waals surface area contributed by atoms with Crippen molar-refractivity contribution in [1.82, 2.24) is 0 Å². The Labute approximate surface area is 122 Å². The zero-order valence-corrected chi connectivity index (χ0v) is 13.6. The molecule has 118 valence electrons. The van der Waals surface area contributed by atoms with E-state index in [0.717, 1.165) is 0 Å². The molecule has 0 unspecified atom stereocenters. The van der Waals surface area contributed by atoms with Gasteiger partial charge < -0.3 is 14.2 Å². The molecule has 0 radical (unpaired) electrons. The number of carbonyl (C=O) groups excluding carboxylic acids is 2. The fourth-order valence-electron chi connectivity index (χ4n) is 1.09. The van der Waals surface area contributed by atoms with Crippen LogP contribution in [0.4, 0.5) is 0 Å². The Kier molecular flexibility index (Phi) is 7.79. The highest BCUT2D eigenvalue weighted by molar-refractivity contribution is 5.72. The van der Waals surface area contributed by atoms with Crippen molar-refractivity contribution < 1.29 is 23.8 Å². The van der Waals surface area contributed by atoms with Gasteiger partial charge in [0.25, 0.3) is 0 Å². The maximum Gasteiger partial charge on any atom is 0.307 e. The fourth-order valence-corrected chi connectivity index (χ4v) is 1.09. The molecule has 0 aromatic heterocycles. The molecule has 0 atom stereocenters. The van der Waals surface area contributed by atoms with Gasteiger partial charge in [0.1, 0.15) is 0 Å². The van der Waals surface area contributed by atoms with Crippen LogP contribution in [-0.2, 0) is 23.8 Å². The smallest absolute Gasteiger partial charge is 0.307 e. The first kappa shape index (κ1) is 18.9. The summed E-state index contributed by atoms with van der Waals surface area (Å²) in [5, 5.41) is 0. The van der Waals surface area contributed by atoms with Crippen molar-refractivity contribution in [2.45, 2.75) is 66.4 Å². The Morgan fingerprint density at radius 3 is 1.80 bits per heavy atom. The topological polar surface area (TPSA) is 61.8 Å². The molecule has 20 heavy (non-hydrogen) atoms. The third-order valence-electron chi connectivity index (χ3n) is 2.14. The van der Waals surface area contributed by atoms with Crippen LogP contribution in [0.1, 0.15) is 60.8 Å². The van der Waals surface area contributed by atoms with E-state index >= 15 is 0 Å². The van der Waals surface area contributed by atoms with Crippen molar-refractivity contribution in [3.63, 3.8) is 0 Å². The van der Waals surface area contributed by atoms with Gasteiger partial charge in [0, 0.05) is 12.8 Å². The minimum atomic E-state index is -0.363. The number of carbonyl (C=O) groups is 2. The Morgan fingerprint density at radius 1 is 0.850 bits per heavy atom. The van der Waals surface area contributed by atoms with E-state index in [1.807, 2.05) is 41.5 Å². The first-order valence-corrected chi connectivity index (χ1v) is 6.95. The molecule has 0 aliphatic carbocycles. The van der Waals surface area contributed by atoms with Gasteiger partial charge >= 0.3 is 11.9 Å². The molecule has 0 aliphatic heterocycles. The molecule has 0 saturated carbocycles. The molecule has 0 spiro atoms. The number of ether oxygens (including phenoxy) is 3. The number of hydrogen-bond acceptors (Lipinski definition) is 5. The third kappa shape index (κ3) is 13.3. The minimum Gasteiger partial charge on any atom is -0.465 e. The van der Waals surface area contributed by atoms with Crippen LogP contribution < -0.4 is 0 Å².